The summed E-state index contributed by atoms with van der Waals surface area (Å²) in [4.78, 5) is 0. The van der Waals surface area contributed by atoms with Crippen LogP contribution in [0.1, 0.15) is 60.8 Å². The van der Waals surface area contributed by atoms with E-state index < -0.39 is 0 Å². The van der Waals surface area contributed by atoms with Gasteiger partial charge in [-0.1, -0.05) is 32.4 Å². The molecule has 2 N–H and O–H groups in total. The summed E-state index contributed by atoms with van der Waals surface area (Å²) in [5.74, 6) is 1.70. The predicted octanol–water partition coefficient (Wildman–Crippen LogP) is 4.88. The van der Waals surface area contributed by atoms with Crippen LogP contribution >= 0.6 is 0 Å². The number of phenols is 2. The number of aromatic hydroxyl groups is 2. The Morgan fingerprint density at radius 2 is 1.65 bits per heavy atom. The van der Waals surface area contributed by atoms with Gasteiger partial charge in [0.25, 0.3) is 0 Å². The zero-order chi connectivity index (χ0) is 16.2. The molecule has 23 heavy (non-hydrogen) atoms. The highest BCUT2D eigenvalue weighted by atomic mass is 16.3. The van der Waals surface area contributed by atoms with Crippen molar-refractivity contribution in [2.24, 2.45) is 5.41 Å². The van der Waals surface area contributed by atoms with Crippen molar-refractivity contribution in [3.05, 3.63) is 58.7 Å². The Hall–Kier alpha value is -1.96. The Labute approximate surface area is 137 Å². The Morgan fingerprint density at radius 1 is 0.957 bits per heavy atom. The Morgan fingerprint density at radius 3 is 2.43 bits per heavy atom. The summed E-state index contributed by atoms with van der Waals surface area (Å²) in [7, 11) is 0. The largest absolute Gasteiger partial charge is 0.508 e. The second-order valence-electron chi connectivity index (χ2n) is 7.42. The zero-order valence-corrected chi connectivity index (χ0v) is 13.8. The molecule has 4 rings (SSSR count). The molecule has 0 bridgehead atoms. The van der Waals surface area contributed by atoms with E-state index in [0.29, 0.717) is 23.3 Å². The molecule has 2 nitrogen and oxygen atoms in total. The second kappa shape index (κ2) is 5.02. The third-order valence-electron chi connectivity index (χ3n) is 6.27. The van der Waals surface area contributed by atoms with Crippen molar-refractivity contribution in [1.82, 2.24) is 0 Å². The average molecular weight is 308 g/mol. The first-order chi connectivity index (χ1) is 11.0. The van der Waals surface area contributed by atoms with Gasteiger partial charge in [-0.2, -0.15) is 0 Å². The number of rotatable bonds is 2. The Kier molecular flexibility index (Phi) is 3.19. The van der Waals surface area contributed by atoms with Crippen molar-refractivity contribution >= 4 is 0 Å². The lowest BCUT2D eigenvalue weighted by molar-refractivity contribution is 0.208. The van der Waals surface area contributed by atoms with Gasteiger partial charge in [0, 0.05) is 0 Å². The van der Waals surface area contributed by atoms with E-state index >= 15 is 0 Å². The molecular weight excluding hydrogens is 284 g/mol. The smallest absolute Gasteiger partial charge is 0.115 e. The second-order valence-corrected chi connectivity index (χ2v) is 7.42. The predicted molar refractivity (Wildman–Crippen MR) is 92.1 cm³/mol. The maximum Gasteiger partial charge on any atom is 0.115 e. The van der Waals surface area contributed by atoms with Crippen molar-refractivity contribution in [2.45, 2.75) is 51.4 Å². The molecule has 3 atom stereocenters. The van der Waals surface area contributed by atoms with Gasteiger partial charge in [-0.15, -0.1) is 0 Å². The van der Waals surface area contributed by atoms with Crippen molar-refractivity contribution in [3.63, 3.8) is 0 Å². The monoisotopic (exact) mass is 308 g/mol. The minimum absolute atomic E-state index is 0.197. The van der Waals surface area contributed by atoms with Crippen LogP contribution in [0.3, 0.4) is 0 Å². The van der Waals surface area contributed by atoms with Crippen molar-refractivity contribution in [1.29, 1.82) is 0 Å². The van der Waals surface area contributed by atoms with E-state index in [1.165, 1.54) is 35.1 Å². The molecule has 0 heterocycles. The standard InChI is InChI=1S/C21H24O2/c1-3-4-20-18-8-7-17(23)10-19(18)13(2)21(20)11-14-5-6-16(22)9-15(14)12-21/h5-10,13,20,22-23H,3-4,11-12H2,1-2H3. The summed E-state index contributed by atoms with van der Waals surface area (Å²) < 4.78 is 0. The van der Waals surface area contributed by atoms with E-state index in [1.807, 2.05) is 24.3 Å². The van der Waals surface area contributed by atoms with Crippen LogP contribution in [0.25, 0.3) is 0 Å². The van der Waals surface area contributed by atoms with Gasteiger partial charge in [0.1, 0.15) is 11.5 Å². The molecule has 0 saturated carbocycles. The highest BCUT2D eigenvalue weighted by Gasteiger charge is 2.53. The fourth-order valence-corrected chi connectivity index (χ4v) is 5.18. The SMILES string of the molecule is CCCC1c2ccc(O)cc2C(C)C12Cc1ccc(O)cc1C2. The molecule has 0 radical (unpaired) electrons. The molecule has 0 aliphatic heterocycles. The summed E-state index contributed by atoms with van der Waals surface area (Å²) in [5.41, 5.74) is 5.62. The minimum atomic E-state index is 0.197. The molecule has 2 heteroatoms. The molecule has 0 amide bonds. The first-order valence-electron chi connectivity index (χ1n) is 8.68. The lowest BCUT2D eigenvalue weighted by atomic mass is 9.67. The van der Waals surface area contributed by atoms with Gasteiger partial charge < -0.3 is 10.2 Å². The van der Waals surface area contributed by atoms with Gasteiger partial charge in [0.15, 0.2) is 0 Å². The maximum atomic E-state index is 9.94. The van der Waals surface area contributed by atoms with Gasteiger partial charge in [-0.3, -0.25) is 0 Å². The van der Waals surface area contributed by atoms with E-state index in [0.717, 1.165) is 12.8 Å². The van der Waals surface area contributed by atoms with Crippen LogP contribution in [0.5, 0.6) is 11.5 Å². The van der Waals surface area contributed by atoms with Crippen LogP contribution in [0.15, 0.2) is 36.4 Å². The molecule has 2 aromatic rings. The molecule has 2 aliphatic rings. The zero-order valence-electron chi connectivity index (χ0n) is 13.8. The molecule has 0 fully saturated rings. The topological polar surface area (TPSA) is 40.5 Å². The van der Waals surface area contributed by atoms with E-state index in [2.05, 4.69) is 26.0 Å². The van der Waals surface area contributed by atoms with Crippen molar-refractivity contribution in [2.75, 3.05) is 0 Å². The number of fused-ring (bicyclic) bond motifs is 2. The fraction of sp³-hybridized carbons (Fsp3) is 0.429. The molecule has 0 saturated heterocycles. The molecule has 2 aromatic carbocycles. The first-order valence-corrected chi connectivity index (χ1v) is 8.68. The van der Waals surface area contributed by atoms with Crippen LogP contribution in [-0.2, 0) is 12.8 Å². The number of benzene rings is 2. The number of hydrogen-bond donors (Lipinski definition) is 2. The molecule has 120 valence electrons. The Balaban J connectivity index is 1.83. The van der Waals surface area contributed by atoms with Crippen LogP contribution < -0.4 is 0 Å². The normalized spacial score (nSPS) is 28.1. The van der Waals surface area contributed by atoms with Crippen LogP contribution in [0.4, 0.5) is 0 Å². The van der Waals surface area contributed by atoms with Gasteiger partial charge in [-0.05, 0) is 83.0 Å². The maximum absolute atomic E-state index is 9.94. The average Bonchev–Trinajstić information content (AvgIpc) is 3.00. The summed E-state index contributed by atoms with van der Waals surface area (Å²) in [6, 6.07) is 11.8. The summed E-state index contributed by atoms with van der Waals surface area (Å²) in [5, 5.41) is 19.8. The summed E-state index contributed by atoms with van der Waals surface area (Å²) in [6.45, 7) is 4.57. The molecular formula is C21H24O2. The van der Waals surface area contributed by atoms with E-state index in [1.54, 1.807) is 0 Å². The fourth-order valence-electron chi connectivity index (χ4n) is 5.18. The van der Waals surface area contributed by atoms with Gasteiger partial charge in [0.05, 0.1) is 0 Å². The van der Waals surface area contributed by atoms with Crippen LogP contribution in [-0.4, -0.2) is 10.2 Å². The van der Waals surface area contributed by atoms with E-state index in [9.17, 15) is 10.2 Å². The van der Waals surface area contributed by atoms with Crippen LogP contribution in [0.2, 0.25) is 0 Å². The number of phenolic OH excluding ortho intramolecular Hbond substituents is 2. The van der Waals surface area contributed by atoms with Crippen molar-refractivity contribution < 1.29 is 10.2 Å². The lowest BCUT2D eigenvalue weighted by Crippen LogP contribution is -2.29. The number of hydrogen-bond acceptors (Lipinski definition) is 2. The molecule has 3 unspecified atom stereocenters. The molecule has 2 aliphatic carbocycles. The molecule has 0 aromatic heterocycles. The van der Waals surface area contributed by atoms with E-state index in [-0.39, 0.29) is 5.41 Å². The first kappa shape index (κ1) is 14.6. The third kappa shape index (κ3) is 2.00. The minimum Gasteiger partial charge on any atom is -0.508 e. The van der Waals surface area contributed by atoms with Crippen LogP contribution in [0, 0.1) is 5.41 Å². The lowest BCUT2D eigenvalue weighted by Gasteiger charge is -2.36. The van der Waals surface area contributed by atoms with Gasteiger partial charge in [-0.25, -0.2) is 0 Å². The van der Waals surface area contributed by atoms with Gasteiger partial charge >= 0.3 is 0 Å². The molecule has 1 spiro atoms. The quantitative estimate of drug-likeness (QED) is 0.829. The third-order valence-corrected chi connectivity index (χ3v) is 6.27. The van der Waals surface area contributed by atoms with Gasteiger partial charge in [0.2, 0.25) is 0 Å². The highest BCUT2D eigenvalue weighted by molar-refractivity contribution is 5.51. The van der Waals surface area contributed by atoms with Crippen molar-refractivity contribution in [3.8, 4) is 11.5 Å². The van der Waals surface area contributed by atoms with E-state index in [4.69, 9.17) is 0 Å². The summed E-state index contributed by atoms with van der Waals surface area (Å²) in [6.07, 6.45) is 4.45. The summed E-state index contributed by atoms with van der Waals surface area (Å²) >= 11 is 0. The Bertz CT molecular complexity index is 764. The highest BCUT2D eigenvalue weighted by Crippen LogP contribution is 2.63.